The topological polar surface area (TPSA) is 123 Å². The van der Waals surface area contributed by atoms with Crippen molar-refractivity contribution >= 4 is 0 Å². The van der Waals surface area contributed by atoms with Crippen molar-refractivity contribution in [3.8, 4) is 40.4 Å². The maximum absolute atomic E-state index is 9.44. The highest BCUT2D eigenvalue weighted by molar-refractivity contribution is 5.62. The fourth-order valence-corrected chi connectivity index (χ4v) is 3.97. The predicted molar refractivity (Wildman–Crippen MR) is 133 cm³/mol. The van der Waals surface area contributed by atoms with Crippen molar-refractivity contribution in [1.29, 1.82) is 5.26 Å². The molecule has 0 saturated carbocycles. The lowest BCUT2D eigenvalue weighted by molar-refractivity contribution is 0.0699. The van der Waals surface area contributed by atoms with Crippen LogP contribution in [0.15, 0.2) is 59.4 Å². The molecule has 9 heteroatoms. The number of pyridine rings is 1. The van der Waals surface area contributed by atoms with Gasteiger partial charge in [0, 0.05) is 36.5 Å². The van der Waals surface area contributed by atoms with Gasteiger partial charge in [-0.2, -0.15) is 5.26 Å². The minimum atomic E-state index is -0.710. The van der Waals surface area contributed by atoms with E-state index in [1.54, 1.807) is 18.6 Å². The van der Waals surface area contributed by atoms with Crippen LogP contribution in [-0.2, 0) is 16.7 Å². The van der Waals surface area contributed by atoms with Crippen LogP contribution in [0.2, 0.25) is 0 Å². The number of nitrogens with one attached hydrogen (secondary N) is 1. The number of nitriles is 1. The number of nitrogens with zero attached hydrogens (tertiary/aromatic N) is 6. The number of ether oxygens (including phenoxy) is 1. The molecule has 182 valence electrons. The Bertz CT molecular complexity index is 1370. The number of rotatable bonds is 7. The first-order valence-corrected chi connectivity index (χ1v) is 12.0. The normalized spacial score (nSPS) is 16.0. The Hall–Kier alpha value is -4.00. The molecule has 0 spiro atoms. The van der Waals surface area contributed by atoms with Crippen LogP contribution in [0.4, 0.5) is 0 Å². The predicted octanol–water partition coefficient (Wildman–Crippen LogP) is 4.33. The molecule has 1 fully saturated rings. The second-order valence-electron chi connectivity index (χ2n) is 9.36. The van der Waals surface area contributed by atoms with Crippen molar-refractivity contribution in [1.82, 2.24) is 30.5 Å². The summed E-state index contributed by atoms with van der Waals surface area (Å²) in [6.07, 6.45) is 7.17. The number of aromatic nitrogens is 5. The number of hydrogen-bond acceptors (Lipinski definition) is 9. The van der Waals surface area contributed by atoms with E-state index < -0.39 is 5.41 Å². The highest BCUT2D eigenvalue weighted by atomic mass is 16.5. The zero-order chi connectivity index (χ0) is 25.0. The highest BCUT2D eigenvalue weighted by Gasteiger charge is 2.22. The summed E-state index contributed by atoms with van der Waals surface area (Å²) < 4.78 is 11.5. The van der Waals surface area contributed by atoms with Crippen molar-refractivity contribution in [2.75, 3.05) is 13.2 Å². The van der Waals surface area contributed by atoms with Gasteiger partial charge in [0.2, 0.25) is 5.89 Å². The smallest absolute Gasteiger partial charge is 0.268 e. The molecule has 1 N–H and O–H groups in total. The quantitative estimate of drug-likeness (QED) is 0.411. The summed E-state index contributed by atoms with van der Waals surface area (Å²) in [6.45, 7) is 6.08. The van der Waals surface area contributed by atoms with Crippen LogP contribution in [-0.4, -0.2) is 44.4 Å². The standard InChI is InChI=1S/C27H27N7O2/c1-27(2,17-28)24-12-20(9-10-30-24)22-14-29-15-23(32-22)26-34-33-25(36-26)19-7-5-18(6-8-19)13-31-21-4-3-11-35-16-21/h5-10,12,14-15,21,31H,3-4,11,13,16H2,1-2H3. The van der Waals surface area contributed by atoms with Gasteiger partial charge in [0.1, 0.15) is 5.69 Å². The second kappa shape index (κ2) is 10.3. The lowest BCUT2D eigenvalue weighted by Gasteiger charge is -2.23. The molecule has 3 aromatic heterocycles. The lowest BCUT2D eigenvalue weighted by Crippen LogP contribution is -2.36. The molecule has 5 rings (SSSR count). The molecule has 0 amide bonds. The maximum atomic E-state index is 9.44. The largest absolute Gasteiger partial charge is 0.415 e. The Kier molecular flexibility index (Phi) is 6.80. The third-order valence-corrected chi connectivity index (χ3v) is 6.21. The molecule has 1 atom stereocenters. The third-order valence-electron chi connectivity index (χ3n) is 6.21. The van der Waals surface area contributed by atoms with Gasteiger partial charge in [0.15, 0.2) is 0 Å². The van der Waals surface area contributed by atoms with Crippen LogP contribution in [0.1, 0.15) is 37.9 Å². The molecule has 1 aliphatic rings. The molecule has 1 aliphatic heterocycles. The van der Waals surface area contributed by atoms with E-state index in [2.05, 4.69) is 48.7 Å². The Morgan fingerprint density at radius 3 is 2.64 bits per heavy atom. The van der Waals surface area contributed by atoms with Crippen molar-refractivity contribution in [3.05, 3.63) is 66.2 Å². The lowest BCUT2D eigenvalue weighted by atomic mass is 9.90. The van der Waals surface area contributed by atoms with Crippen LogP contribution in [0.5, 0.6) is 0 Å². The molecule has 36 heavy (non-hydrogen) atoms. The number of hydrogen-bond donors (Lipinski definition) is 1. The molecule has 1 saturated heterocycles. The van der Waals surface area contributed by atoms with E-state index in [0.29, 0.717) is 29.0 Å². The van der Waals surface area contributed by atoms with E-state index in [1.165, 1.54) is 5.56 Å². The Balaban J connectivity index is 1.30. The fourth-order valence-electron chi connectivity index (χ4n) is 3.97. The summed E-state index contributed by atoms with van der Waals surface area (Å²) in [6, 6.07) is 14.4. The molecule has 4 heterocycles. The second-order valence-corrected chi connectivity index (χ2v) is 9.36. The summed E-state index contributed by atoms with van der Waals surface area (Å²) in [5.41, 5.74) is 3.88. The van der Waals surface area contributed by atoms with Crippen molar-refractivity contribution in [2.45, 2.75) is 44.7 Å². The van der Waals surface area contributed by atoms with E-state index in [0.717, 1.165) is 43.7 Å². The summed E-state index contributed by atoms with van der Waals surface area (Å²) in [5, 5.41) is 21.4. The zero-order valence-corrected chi connectivity index (χ0v) is 20.3. The van der Waals surface area contributed by atoms with Gasteiger partial charge >= 0.3 is 0 Å². The molecule has 0 bridgehead atoms. The van der Waals surface area contributed by atoms with E-state index in [4.69, 9.17) is 9.15 Å². The van der Waals surface area contributed by atoms with Gasteiger partial charge in [-0.25, -0.2) is 4.98 Å². The average molecular weight is 482 g/mol. The first kappa shape index (κ1) is 23.7. The third kappa shape index (κ3) is 5.30. The molecule has 0 radical (unpaired) electrons. The molecule has 9 nitrogen and oxygen atoms in total. The van der Waals surface area contributed by atoms with Crippen LogP contribution >= 0.6 is 0 Å². The van der Waals surface area contributed by atoms with Gasteiger partial charge in [-0.1, -0.05) is 12.1 Å². The fraction of sp³-hybridized carbons (Fsp3) is 0.333. The van der Waals surface area contributed by atoms with Crippen LogP contribution < -0.4 is 5.32 Å². The van der Waals surface area contributed by atoms with Gasteiger partial charge in [0.05, 0.1) is 41.9 Å². The van der Waals surface area contributed by atoms with Crippen molar-refractivity contribution in [3.63, 3.8) is 0 Å². The molecular weight excluding hydrogens is 454 g/mol. The Morgan fingerprint density at radius 1 is 1.06 bits per heavy atom. The average Bonchev–Trinajstić information content (AvgIpc) is 3.43. The van der Waals surface area contributed by atoms with Crippen LogP contribution in [0, 0.1) is 11.3 Å². The van der Waals surface area contributed by atoms with E-state index in [-0.39, 0.29) is 5.89 Å². The number of benzene rings is 1. The van der Waals surface area contributed by atoms with E-state index in [1.807, 2.05) is 38.1 Å². The van der Waals surface area contributed by atoms with Gasteiger partial charge in [-0.15, -0.1) is 10.2 Å². The van der Waals surface area contributed by atoms with E-state index >= 15 is 0 Å². The summed E-state index contributed by atoms with van der Waals surface area (Å²) >= 11 is 0. The van der Waals surface area contributed by atoms with Gasteiger partial charge < -0.3 is 14.5 Å². The molecular formula is C27H27N7O2. The SMILES string of the molecule is CC(C)(C#N)c1cc(-c2cncc(-c3nnc(-c4ccc(CNC5CCCOC5)cc4)o3)n2)ccn1. The zero-order valence-electron chi connectivity index (χ0n) is 20.3. The molecule has 1 aromatic carbocycles. The molecule has 4 aromatic rings. The highest BCUT2D eigenvalue weighted by Crippen LogP contribution is 2.27. The van der Waals surface area contributed by atoms with Crippen LogP contribution in [0.3, 0.4) is 0 Å². The summed E-state index contributed by atoms with van der Waals surface area (Å²) in [5.74, 6) is 0.702. The Labute approximate surface area is 209 Å². The minimum absolute atomic E-state index is 0.286. The summed E-state index contributed by atoms with van der Waals surface area (Å²) in [7, 11) is 0. The maximum Gasteiger partial charge on any atom is 0.268 e. The van der Waals surface area contributed by atoms with Gasteiger partial charge in [0.25, 0.3) is 5.89 Å². The molecule has 0 aliphatic carbocycles. The van der Waals surface area contributed by atoms with Gasteiger partial charge in [-0.05, 0) is 56.5 Å². The first-order chi connectivity index (χ1) is 17.5. The summed E-state index contributed by atoms with van der Waals surface area (Å²) in [4.78, 5) is 13.3. The van der Waals surface area contributed by atoms with Crippen molar-refractivity contribution < 1.29 is 9.15 Å². The van der Waals surface area contributed by atoms with Gasteiger partial charge in [-0.3, -0.25) is 9.97 Å². The molecule has 1 unspecified atom stereocenters. The van der Waals surface area contributed by atoms with Crippen LogP contribution in [0.25, 0.3) is 34.3 Å². The van der Waals surface area contributed by atoms with E-state index in [9.17, 15) is 5.26 Å². The first-order valence-electron chi connectivity index (χ1n) is 12.0. The van der Waals surface area contributed by atoms with Crippen molar-refractivity contribution in [2.24, 2.45) is 0 Å². The monoisotopic (exact) mass is 481 g/mol. The minimum Gasteiger partial charge on any atom is -0.415 e. The Morgan fingerprint density at radius 2 is 1.86 bits per heavy atom.